The van der Waals surface area contributed by atoms with Gasteiger partial charge in [-0.15, -0.1) is 0 Å². The zero-order valence-electron chi connectivity index (χ0n) is 11.6. The second-order valence-electron chi connectivity index (χ2n) is 5.43. The van der Waals surface area contributed by atoms with E-state index in [1.807, 2.05) is 13.0 Å². The number of alkyl halides is 3. The molecule has 0 spiro atoms. The van der Waals surface area contributed by atoms with Crippen LogP contribution < -0.4 is 10.6 Å². The lowest BCUT2D eigenvalue weighted by Crippen LogP contribution is -2.50. The molecule has 1 heterocycles. The van der Waals surface area contributed by atoms with E-state index in [2.05, 4.69) is 4.99 Å². The lowest BCUT2D eigenvalue weighted by molar-refractivity contribution is -0.136. The van der Waals surface area contributed by atoms with Crippen molar-refractivity contribution in [2.24, 2.45) is 10.7 Å². The van der Waals surface area contributed by atoms with E-state index in [4.69, 9.17) is 17.3 Å². The molecule has 2 N–H and O–H groups in total. The molecule has 7 heteroatoms. The second kappa shape index (κ2) is 5.75. The number of benzene rings is 1. The number of hydrogen-bond acceptors (Lipinski definition) is 3. The third kappa shape index (κ3) is 3.61. The highest BCUT2D eigenvalue weighted by molar-refractivity contribution is 6.34. The largest absolute Gasteiger partial charge is 0.389 e. The van der Waals surface area contributed by atoms with E-state index in [1.54, 1.807) is 23.1 Å². The highest BCUT2D eigenvalue weighted by Gasteiger charge is 2.40. The van der Waals surface area contributed by atoms with Gasteiger partial charge >= 0.3 is 6.18 Å². The van der Waals surface area contributed by atoms with Crippen LogP contribution in [-0.2, 0) is 0 Å². The van der Waals surface area contributed by atoms with Gasteiger partial charge in [0, 0.05) is 6.42 Å². The summed E-state index contributed by atoms with van der Waals surface area (Å²) in [6.07, 6.45) is -4.58. The quantitative estimate of drug-likeness (QED) is 0.912. The topological polar surface area (TPSA) is 41.6 Å². The summed E-state index contributed by atoms with van der Waals surface area (Å²) < 4.78 is 37.0. The number of guanidine groups is 1. The van der Waals surface area contributed by atoms with Crippen LogP contribution in [0.1, 0.15) is 26.2 Å². The Balaban J connectivity index is 2.17. The van der Waals surface area contributed by atoms with Crippen molar-refractivity contribution >= 4 is 23.2 Å². The van der Waals surface area contributed by atoms with Crippen LogP contribution in [0.5, 0.6) is 0 Å². The second-order valence-corrected chi connectivity index (χ2v) is 5.83. The summed E-state index contributed by atoms with van der Waals surface area (Å²) in [6, 6.07) is 7.11. The molecule has 0 saturated carbocycles. The van der Waals surface area contributed by atoms with Gasteiger partial charge in [0.2, 0.25) is 0 Å². The number of anilines is 1. The first-order valence-corrected chi connectivity index (χ1v) is 7.02. The van der Waals surface area contributed by atoms with Gasteiger partial charge in [-0.2, -0.15) is 13.2 Å². The fourth-order valence-corrected chi connectivity index (χ4v) is 2.80. The first-order chi connectivity index (χ1) is 9.73. The van der Waals surface area contributed by atoms with Crippen molar-refractivity contribution < 1.29 is 13.2 Å². The van der Waals surface area contributed by atoms with Crippen LogP contribution in [0.25, 0.3) is 0 Å². The molecule has 0 aliphatic carbocycles. The SMILES string of the molecule is CC1(CCCC(F)(F)F)CN=C(N)N1c1ccccc1Cl. The molecule has 1 unspecified atom stereocenters. The van der Waals surface area contributed by atoms with Crippen LogP contribution in [0, 0.1) is 0 Å². The normalized spacial score (nSPS) is 22.5. The third-order valence-corrected chi connectivity index (χ3v) is 3.94. The lowest BCUT2D eigenvalue weighted by Gasteiger charge is -2.37. The Morgan fingerprint density at radius 2 is 2.05 bits per heavy atom. The van der Waals surface area contributed by atoms with Crippen molar-refractivity contribution in [3.05, 3.63) is 29.3 Å². The van der Waals surface area contributed by atoms with Crippen molar-refractivity contribution in [1.82, 2.24) is 0 Å². The highest BCUT2D eigenvalue weighted by atomic mass is 35.5. The maximum atomic E-state index is 12.3. The molecule has 1 aliphatic rings. The minimum atomic E-state index is -4.14. The Hall–Kier alpha value is -1.43. The summed E-state index contributed by atoms with van der Waals surface area (Å²) in [6.45, 7) is 2.22. The van der Waals surface area contributed by atoms with Gasteiger partial charge in [-0.1, -0.05) is 23.7 Å². The monoisotopic (exact) mass is 319 g/mol. The van der Waals surface area contributed by atoms with Crippen LogP contribution in [0.15, 0.2) is 29.3 Å². The summed E-state index contributed by atoms with van der Waals surface area (Å²) in [4.78, 5) is 5.93. The minimum absolute atomic E-state index is 0.0315. The first-order valence-electron chi connectivity index (χ1n) is 6.64. The standard InChI is InChI=1S/C14H17ClF3N3/c1-13(7-4-8-14(16,17)18)9-20-12(19)21(13)11-6-3-2-5-10(11)15/h2-3,5-6H,4,7-9H2,1H3,(H2,19,20). The molecule has 0 radical (unpaired) electrons. The zero-order chi connectivity index (χ0) is 15.7. The number of nitrogens with two attached hydrogens (primary N) is 1. The molecule has 1 aromatic rings. The average molecular weight is 320 g/mol. The fourth-order valence-electron chi connectivity index (χ4n) is 2.58. The molecule has 0 fully saturated rings. The molecule has 0 saturated heterocycles. The average Bonchev–Trinajstić information content (AvgIpc) is 2.65. The summed E-state index contributed by atoms with van der Waals surface area (Å²) >= 11 is 6.17. The molecule has 116 valence electrons. The zero-order valence-corrected chi connectivity index (χ0v) is 12.4. The molecule has 2 rings (SSSR count). The van der Waals surface area contributed by atoms with E-state index in [-0.39, 0.29) is 12.4 Å². The predicted octanol–water partition coefficient (Wildman–Crippen LogP) is 3.97. The Morgan fingerprint density at radius 3 is 2.67 bits per heavy atom. The van der Waals surface area contributed by atoms with E-state index in [0.717, 1.165) is 0 Å². The third-order valence-electron chi connectivity index (χ3n) is 3.62. The van der Waals surface area contributed by atoms with Crippen molar-refractivity contribution in [2.75, 3.05) is 11.4 Å². The van der Waals surface area contributed by atoms with Crippen molar-refractivity contribution in [3.8, 4) is 0 Å². The smallest absolute Gasteiger partial charge is 0.369 e. The van der Waals surface area contributed by atoms with Crippen molar-refractivity contribution in [2.45, 2.75) is 37.9 Å². The van der Waals surface area contributed by atoms with Gasteiger partial charge in [0.05, 0.1) is 22.8 Å². The predicted molar refractivity (Wildman–Crippen MR) is 78.7 cm³/mol. The van der Waals surface area contributed by atoms with Crippen LogP contribution >= 0.6 is 11.6 Å². The molecule has 21 heavy (non-hydrogen) atoms. The molecular weight excluding hydrogens is 303 g/mol. The van der Waals surface area contributed by atoms with Crippen molar-refractivity contribution in [3.63, 3.8) is 0 Å². The molecule has 0 aromatic heterocycles. The number of halogens is 4. The van der Waals surface area contributed by atoms with Crippen LogP contribution in [0.3, 0.4) is 0 Å². The van der Waals surface area contributed by atoms with Crippen molar-refractivity contribution in [1.29, 1.82) is 0 Å². The maximum absolute atomic E-state index is 12.3. The molecule has 1 aliphatic heterocycles. The molecule has 0 bridgehead atoms. The van der Waals surface area contributed by atoms with Crippen LogP contribution in [-0.4, -0.2) is 24.2 Å². The Labute approximate surface area is 126 Å². The van der Waals surface area contributed by atoms with Gasteiger partial charge in [0.25, 0.3) is 0 Å². The van der Waals surface area contributed by atoms with Crippen LogP contribution in [0.4, 0.5) is 18.9 Å². The van der Waals surface area contributed by atoms with Gasteiger partial charge in [0.1, 0.15) is 0 Å². The van der Waals surface area contributed by atoms with Gasteiger partial charge in [0.15, 0.2) is 5.96 Å². The maximum Gasteiger partial charge on any atom is 0.389 e. The van der Waals surface area contributed by atoms with E-state index in [0.29, 0.717) is 23.7 Å². The Bertz CT molecular complexity index is 545. The van der Waals surface area contributed by atoms with Gasteiger partial charge < -0.3 is 10.6 Å². The van der Waals surface area contributed by atoms with Crippen LogP contribution in [0.2, 0.25) is 5.02 Å². The van der Waals surface area contributed by atoms with E-state index >= 15 is 0 Å². The number of hydrogen-bond donors (Lipinski definition) is 1. The molecule has 3 nitrogen and oxygen atoms in total. The number of nitrogens with zero attached hydrogens (tertiary/aromatic N) is 2. The minimum Gasteiger partial charge on any atom is -0.369 e. The summed E-state index contributed by atoms with van der Waals surface area (Å²) in [5, 5.41) is 0.500. The fraction of sp³-hybridized carbons (Fsp3) is 0.500. The van der Waals surface area contributed by atoms with E-state index in [9.17, 15) is 13.2 Å². The lowest BCUT2D eigenvalue weighted by atomic mass is 9.93. The first kappa shape index (κ1) is 15.9. The van der Waals surface area contributed by atoms with Gasteiger partial charge in [-0.05, 0) is 31.9 Å². The molecule has 1 aromatic carbocycles. The van der Waals surface area contributed by atoms with E-state index < -0.39 is 18.1 Å². The highest BCUT2D eigenvalue weighted by Crippen LogP contribution is 2.37. The Kier molecular flexibility index (Phi) is 4.37. The molecular formula is C14H17ClF3N3. The Morgan fingerprint density at radius 1 is 1.38 bits per heavy atom. The van der Waals surface area contributed by atoms with E-state index in [1.165, 1.54) is 0 Å². The number of rotatable bonds is 4. The number of para-hydroxylation sites is 1. The van der Waals surface area contributed by atoms with Gasteiger partial charge in [-0.3, -0.25) is 4.99 Å². The summed E-state index contributed by atoms with van der Waals surface area (Å²) in [5.41, 5.74) is 6.00. The molecule has 0 amide bonds. The van der Waals surface area contributed by atoms with Gasteiger partial charge in [-0.25, -0.2) is 0 Å². The summed E-state index contributed by atoms with van der Waals surface area (Å²) in [5.74, 6) is 0.289. The molecule has 1 atom stereocenters. The number of aliphatic imine (C=N–C) groups is 1. The summed E-state index contributed by atoms with van der Waals surface area (Å²) in [7, 11) is 0.